The minimum absolute atomic E-state index is 0.0187. The van der Waals surface area contributed by atoms with E-state index in [-0.39, 0.29) is 93.1 Å². The molecule has 0 spiro atoms. The van der Waals surface area contributed by atoms with E-state index in [0.29, 0.717) is 55.3 Å². The molecule has 2 aliphatic rings. The lowest BCUT2D eigenvalue weighted by Gasteiger charge is -2.40. The maximum atomic E-state index is 14.8. The zero-order chi connectivity index (χ0) is 71.0. The van der Waals surface area contributed by atoms with Gasteiger partial charge in [0.05, 0.1) is 41.6 Å². The van der Waals surface area contributed by atoms with Gasteiger partial charge in [0.15, 0.2) is 0 Å². The molecule has 2 unspecified atom stereocenters. The van der Waals surface area contributed by atoms with Crippen molar-refractivity contribution in [2.24, 2.45) is 47.2 Å². The Labute approximate surface area is 566 Å². The molecule has 2 aromatic carbocycles. The predicted molar refractivity (Wildman–Crippen MR) is 363 cm³/mol. The summed E-state index contributed by atoms with van der Waals surface area (Å²) in [5.74, 6) is -6.30. The summed E-state index contributed by atoms with van der Waals surface area (Å²) in [6.07, 6.45) is 1.52. The summed E-state index contributed by atoms with van der Waals surface area (Å²) in [5, 5.41) is 27.0. The number of benzene rings is 2. The number of methoxy groups -OCH3 is 2. The third-order valence-electron chi connectivity index (χ3n) is 18.5. The van der Waals surface area contributed by atoms with E-state index < -0.39 is 125 Å². The summed E-state index contributed by atoms with van der Waals surface area (Å²) >= 11 is 4.15. The number of carbonyl (C=O) groups excluding carboxylic acids is 11. The van der Waals surface area contributed by atoms with Crippen molar-refractivity contribution in [2.45, 2.75) is 213 Å². The Balaban J connectivity index is 1.37. The van der Waals surface area contributed by atoms with Gasteiger partial charge in [-0.2, -0.15) is 12.6 Å². The van der Waals surface area contributed by atoms with Crippen LogP contribution in [-0.2, 0) is 64.0 Å². The van der Waals surface area contributed by atoms with Crippen LogP contribution in [0.15, 0.2) is 54.6 Å². The number of primary amides is 1. The molecule has 530 valence electrons. The number of ether oxygens (including phenoxy) is 3. The second kappa shape index (κ2) is 39.2. The molecule has 25 nitrogen and oxygen atoms in total. The Morgan fingerprint density at radius 3 is 1.96 bits per heavy atom. The smallest absolute Gasteiger partial charge is 0.410 e. The number of nitrogens with zero attached hydrogens (tertiary/aromatic N) is 3. The summed E-state index contributed by atoms with van der Waals surface area (Å²) in [6.45, 7) is 18.3. The standard InChI is InChI=1S/C69H108N10O15S/c1-15-42(8)59(52(92-13)36-51(80)48-26-22-27-49(48)61(93-14)43(9)62(84)72-44(10)60(83)46-24-18-16-19-25-46)77(11)67(89)57(40(4)5)76-65(87)58(41(6)7)78(12)69(91)94-38-45-30-32-47(33-31-45)73-63(85)50(28-23-34-71-68(70)90)74-64(86)56(39(2)3)75-54(81)29-20-17-21-35-79-55(82)37-53(95)66(79)88/h16,18-19,24-25,30-33,39-44,48-50,52-53,56-61,83,95H,15,17,20-23,26-29,34-38H2,1-14H3,(H,72,84)(H,73,85)(H,74,86)(H,75,81)(H,76,87)(H3,70,71,90)/t42-,43+,44+,48?,49+,50-,52+,53?,56-,57-,58-,59-,60+,61+/m0/s1. The highest BCUT2D eigenvalue weighted by Gasteiger charge is 2.45. The summed E-state index contributed by atoms with van der Waals surface area (Å²) in [4.78, 5) is 152. The van der Waals surface area contributed by atoms with Crippen LogP contribution in [0.25, 0.3) is 0 Å². The van der Waals surface area contributed by atoms with Crippen LogP contribution < -0.4 is 37.6 Å². The first-order valence-corrected chi connectivity index (χ1v) is 34.0. The summed E-state index contributed by atoms with van der Waals surface area (Å²) in [7, 11) is 6.14. The molecule has 0 aromatic heterocycles. The van der Waals surface area contributed by atoms with Crippen molar-refractivity contribution in [3.05, 3.63) is 65.7 Å². The number of hydrogen-bond acceptors (Lipinski definition) is 16. The highest BCUT2D eigenvalue weighted by Crippen LogP contribution is 2.40. The predicted octanol–water partition coefficient (Wildman–Crippen LogP) is 6.20. The van der Waals surface area contributed by atoms with Crippen molar-refractivity contribution in [3.8, 4) is 0 Å². The maximum absolute atomic E-state index is 14.8. The Kier molecular flexibility index (Phi) is 33.1. The fraction of sp³-hybridized carbons (Fsp3) is 0.667. The molecule has 14 atom stereocenters. The van der Waals surface area contributed by atoms with Gasteiger partial charge in [0.25, 0.3) is 0 Å². The van der Waals surface area contributed by atoms with Crippen LogP contribution in [0.2, 0.25) is 0 Å². The normalized spacial score (nSPS) is 19.1. The Bertz CT molecular complexity index is 2880. The van der Waals surface area contributed by atoms with E-state index in [1.54, 1.807) is 111 Å². The number of unbranched alkanes of at least 4 members (excludes halogenated alkanes) is 2. The number of nitrogens with one attached hydrogen (secondary N) is 6. The summed E-state index contributed by atoms with van der Waals surface area (Å²) < 4.78 is 17.8. The highest BCUT2D eigenvalue weighted by molar-refractivity contribution is 7.81. The van der Waals surface area contributed by atoms with Crippen LogP contribution >= 0.6 is 12.6 Å². The van der Waals surface area contributed by atoms with Gasteiger partial charge in [-0.1, -0.05) is 124 Å². The number of likely N-dealkylation sites (N-methyl/N-ethyl adjacent to an activating group) is 2. The topological polar surface area (TPSA) is 344 Å². The largest absolute Gasteiger partial charge is 0.445 e. The van der Waals surface area contributed by atoms with Gasteiger partial charge in [-0.05, 0) is 98.3 Å². The van der Waals surface area contributed by atoms with Crippen molar-refractivity contribution in [1.29, 1.82) is 0 Å². The lowest BCUT2D eigenvalue weighted by molar-refractivity contribution is -0.145. The Hall–Kier alpha value is -7.16. The molecule has 1 aliphatic heterocycles. The van der Waals surface area contributed by atoms with E-state index in [9.17, 15) is 57.8 Å². The number of aliphatic hydroxyl groups is 1. The first-order valence-electron chi connectivity index (χ1n) is 33.5. The molecule has 1 heterocycles. The van der Waals surface area contributed by atoms with Crippen LogP contribution in [0.3, 0.4) is 0 Å². The highest BCUT2D eigenvalue weighted by atomic mass is 32.1. The van der Waals surface area contributed by atoms with Crippen molar-refractivity contribution < 1.29 is 72.1 Å². The quantitative estimate of drug-likeness (QED) is 0.0204. The van der Waals surface area contributed by atoms with Crippen LogP contribution in [0, 0.1) is 41.4 Å². The number of nitrogens with two attached hydrogens (primary N) is 1. The van der Waals surface area contributed by atoms with Crippen LogP contribution in [0.1, 0.15) is 164 Å². The number of hydrogen-bond donors (Lipinski definition) is 9. The SMILES string of the molecule is CC[C@H](C)[C@@H]([C@@H](CC(=O)C1CCC[C@H]1[C@H](OC)[C@@H](C)C(=O)N[C@H](C)[C@@H](O)c1ccccc1)OC)N(C)C(=O)[C@@H](NC(=O)[C@H](C(C)C)N(C)C(=O)OCc1ccc(NC(=O)[C@H](CCCNC(N)=O)NC(=O)[C@@H](NC(=O)CCCCCN2C(=O)CC(S)C2=O)C(C)C)cc1)C(C)C. The zero-order valence-corrected chi connectivity index (χ0v) is 59.0. The summed E-state index contributed by atoms with van der Waals surface area (Å²) in [6, 6.07) is 9.27. The van der Waals surface area contributed by atoms with Gasteiger partial charge in [-0.25, -0.2) is 9.59 Å². The van der Waals surface area contributed by atoms with Gasteiger partial charge in [0.2, 0.25) is 47.3 Å². The van der Waals surface area contributed by atoms with E-state index in [2.05, 4.69) is 44.5 Å². The molecule has 1 aliphatic carbocycles. The number of amides is 11. The monoisotopic (exact) mass is 1350 g/mol. The van der Waals surface area contributed by atoms with E-state index in [1.165, 1.54) is 24.0 Å². The van der Waals surface area contributed by atoms with Crippen molar-refractivity contribution in [1.82, 2.24) is 41.3 Å². The molecule has 0 radical (unpaired) electrons. The molecule has 2 aromatic rings. The van der Waals surface area contributed by atoms with Crippen molar-refractivity contribution >= 4 is 83.5 Å². The molecule has 4 rings (SSSR count). The molecular weight excluding hydrogens is 1240 g/mol. The average molecular weight is 1350 g/mol. The molecule has 1 saturated carbocycles. The van der Waals surface area contributed by atoms with Gasteiger partial charge in [0.1, 0.15) is 36.6 Å². The second-order valence-corrected chi connectivity index (χ2v) is 27.2. The van der Waals surface area contributed by atoms with Crippen LogP contribution in [0.5, 0.6) is 0 Å². The van der Waals surface area contributed by atoms with E-state index >= 15 is 0 Å². The Morgan fingerprint density at radius 2 is 1.39 bits per heavy atom. The Morgan fingerprint density at radius 1 is 0.737 bits per heavy atom. The first-order chi connectivity index (χ1) is 44.9. The average Bonchev–Trinajstić information content (AvgIpc) is 1.78. The minimum Gasteiger partial charge on any atom is -0.445 e. The van der Waals surface area contributed by atoms with Gasteiger partial charge >= 0.3 is 12.1 Å². The molecule has 26 heteroatoms. The number of anilines is 1. The summed E-state index contributed by atoms with van der Waals surface area (Å²) in [5.41, 5.74) is 6.79. The third-order valence-corrected chi connectivity index (χ3v) is 18.9. The fourth-order valence-electron chi connectivity index (χ4n) is 12.8. The molecule has 11 amide bonds. The number of imide groups is 1. The number of carbonyl (C=O) groups is 11. The number of aliphatic hydroxyl groups excluding tert-OH is 1. The third kappa shape index (κ3) is 23.6. The number of likely N-dealkylation sites (tertiary alicyclic amines) is 1. The number of urea groups is 1. The fourth-order valence-corrected chi connectivity index (χ4v) is 13.1. The van der Waals surface area contributed by atoms with E-state index in [4.69, 9.17) is 19.9 Å². The van der Waals surface area contributed by atoms with E-state index in [0.717, 1.165) is 6.42 Å². The number of thiol groups is 1. The zero-order valence-electron chi connectivity index (χ0n) is 58.1. The van der Waals surface area contributed by atoms with Gasteiger partial charge in [-0.15, -0.1) is 0 Å². The number of rotatable bonds is 39. The van der Waals surface area contributed by atoms with Crippen LogP contribution in [0.4, 0.5) is 15.3 Å². The second-order valence-electron chi connectivity index (χ2n) is 26.6. The molecule has 1 saturated heterocycles. The maximum Gasteiger partial charge on any atom is 0.410 e. The lowest BCUT2D eigenvalue weighted by Crippen LogP contribution is -2.60. The first kappa shape index (κ1) is 80.3. The van der Waals surface area contributed by atoms with Crippen molar-refractivity contribution in [3.63, 3.8) is 0 Å². The van der Waals surface area contributed by atoms with Crippen LogP contribution in [-0.4, -0.2) is 180 Å². The molecular formula is C69H108N10O15S. The van der Waals surface area contributed by atoms with Gasteiger partial charge in [0, 0.05) is 72.3 Å². The van der Waals surface area contributed by atoms with Crippen molar-refractivity contribution in [2.75, 3.05) is 46.7 Å². The van der Waals surface area contributed by atoms with E-state index in [1.807, 2.05) is 32.0 Å². The molecule has 95 heavy (non-hydrogen) atoms. The molecule has 2 fully saturated rings. The molecule has 9 N–H and O–H groups in total. The minimum atomic E-state index is -1.11. The van der Waals surface area contributed by atoms with Gasteiger partial charge in [-0.3, -0.25) is 53.0 Å². The number of Topliss-reactive ketones (excluding diaryl/α,β-unsaturated/α-hetero) is 1. The van der Waals surface area contributed by atoms with Gasteiger partial charge < -0.3 is 61.9 Å². The molecule has 0 bridgehead atoms. The number of ketones is 1. The lowest BCUT2D eigenvalue weighted by atomic mass is 9.79.